The third-order valence-electron chi connectivity index (χ3n) is 3.90. The number of nitrogens with one attached hydrogen (secondary N) is 1. The molecule has 0 aromatic heterocycles. The van der Waals surface area contributed by atoms with Gasteiger partial charge in [0.1, 0.15) is 5.82 Å². The molecule has 1 saturated carbocycles. The molecule has 1 aliphatic rings. The fraction of sp³-hybridized carbons (Fsp3) is 0.467. The second-order valence-corrected chi connectivity index (χ2v) is 5.44. The number of carbonyl (C=O) groups is 2. The summed E-state index contributed by atoms with van der Waals surface area (Å²) >= 11 is 0. The number of carbonyl (C=O) groups excluding carboxylic acids is 1. The van der Waals surface area contributed by atoms with E-state index in [1.165, 1.54) is 0 Å². The number of halogens is 3. The molecule has 0 bridgehead atoms. The molecule has 120 valence electrons. The van der Waals surface area contributed by atoms with Crippen LogP contribution in [-0.4, -0.2) is 23.0 Å². The minimum Gasteiger partial charge on any atom is -0.481 e. The standard InChI is InChI=1S/C15H16F3NO3/c16-11-5-3-10(4-6-11)15(17,18)14(22)19-12-7-1-9(2-8-12)13(20)21/h3-6,9,12H,1-2,7-8H2,(H,19,22)(H,20,21). The van der Waals surface area contributed by atoms with Crippen LogP contribution >= 0.6 is 0 Å². The van der Waals surface area contributed by atoms with Crippen LogP contribution in [0.15, 0.2) is 24.3 Å². The molecule has 2 rings (SSSR count). The summed E-state index contributed by atoms with van der Waals surface area (Å²) in [5.41, 5.74) is -0.578. The molecule has 1 aromatic carbocycles. The number of amides is 1. The normalized spacial score (nSPS) is 22.1. The molecule has 0 spiro atoms. The SMILES string of the molecule is O=C(O)C1CCC(NC(=O)C(F)(F)c2ccc(F)cc2)CC1. The number of rotatable bonds is 4. The number of carboxylic acid groups (broad SMARTS) is 1. The maximum Gasteiger partial charge on any atom is 0.349 e. The molecule has 0 heterocycles. The van der Waals surface area contributed by atoms with E-state index in [4.69, 9.17) is 5.11 Å². The lowest BCUT2D eigenvalue weighted by atomic mass is 9.86. The third kappa shape index (κ3) is 3.58. The van der Waals surface area contributed by atoms with Crippen molar-refractivity contribution in [1.82, 2.24) is 5.32 Å². The maximum absolute atomic E-state index is 14.0. The van der Waals surface area contributed by atoms with Crippen LogP contribution in [0.25, 0.3) is 0 Å². The summed E-state index contributed by atoms with van der Waals surface area (Å²) < 4.78 is 40.8. The molecule has 1 amide bonds. The summed E-state index contributed by atoms with van der Waals surface area (Å²) in [5, 5.41) is 11.1. The van der Waals surface area contributed by atoms with Gasteiger partial charge in [0.25, 0.3) is 5.91 Å². The molecule has 22 heavy (non-hydrogen) atoms. The van der Waals surface area contributed by atoms with Crippen molar-refractivity contribution in [3.05, 3.63) is 35.6 Å². The lowest BCUT2D eigenvalue weighted by Gasteiger charge is -2.28. The van der Waals surface area contributed by atoms with Crippen LogP contribution in [0.2, 0.25) is 0 Å². The first-order valence-electron chi connectivity index (χ1n) is 6.98. The van der Waals surface area contributed by atoms with Crippen molar-refractivity contribution in [3.63, 3.8) is 0 Å². The van der Waals surface area contributed by atoms with E-state index in [2.05, 4.69) is 5.32 Å². The van der Waals surface area contributed by atoms with Crippen molar-refractivity contribution in [2.24, 2.45) is 5.92 Å². The van der Waals surface area contributed by atoms with Gasteiger partial charge in [-0.2, -0.15) is 8.78 Å². The molecule has 1 aliphatic carbocycles. The van der Waals surface area contributed by atoms with Gasteiger partial charge in [-0.15, -0.1) is 0 Å². The zero-order valence-corrected chi connectivity index (χ0v) is 11.7. The minimum atomic E-state index is -3.75. The number of aliphatic carboxylic acids is 1. The lowest BCUT2D eigenvalue weighted by molar-refractivity contribution is -0.148. The average molecular weight is 315 g/mol. The monoisotopic (exact) mass is 315 g/mol. The van der Waals surface area contributed by atoms with E-state index >= 15 is 0 Å². The van der Waals surface area contributed by atoms with Gasteiger partial charge in [-0.3, -0.25) is 9.59 Å². The predicted octanol–water partition coefficient (Wildman–Crippen LogP) is 2.68. The van der Waals surface area contributed by atoms with Crippen LogP contribution in [0.4, 0.5) is 13.2 Å². The molecule has 2 N–H and O–H groups in total. The minimum absolute atomic E-state index is 0.349. The van der Waals surface area contributed by atoms with Crippen molar-refractivity contribution in [2.75, 3.05) is 0 Å². The Kier molecular flexibility index (Phi) is 4.73. The zero-order valence-electron chi connectivity index (χ0n) is 11.7. The molecule has 1 fully saturated rings. The Morgan fingerprint density at radius 3 is 2.14 bits per heavy atom. The third-order valence-corrected chi connectivity index (χ3v) is 3.90. The smallest absolute Gasteiger partial charge is 0.349 e. The Morgan fingerprint density at radius 1 is 1.09 bits per heavy atom. The maximum atomic E-state index is 14.0. The highest BCUT2D eigenvalue weighted by atomic mass is 19.3. The van der Waals surface area contributed by atoms with E-state index in [1.807, 2.05) is 0 Å². The molecule has 0 radical (unpaired) electrons. The van der Waals surface area contributed by atoms with Crippen LogP contribution in [0.5, 0.6) is 0 Å². The van der Waals surface area contributed by atoms with Gasteiger partial charge in [0.15, 0.2) is 0 Å². The number of benzene rings is 1. The van der Waals surface area contributed by atoms with E-state index in [9.17, 15) is 22.8 Å². The topological polar surface area (TPSA) is 66.4 Å². The van der Waals surface area contributed by atoms with Gasteiger partial charge in [-0.25, -0.2) is 4.39 Å². The Bertz CT molecular complexity index is 552. The number of carboxylic acids is 1. The van der Waals surface area contributed by atoms with Crippen molar-refractivity contribution < 1.29 is 27.9 Å². The number of hydrogen-bond acceptors (Lipinski definition) is 2. The first kappa shape index (κ1) is 16.3. The molecular formula is C15H16F3NO3. The van der Waals surface area contributed by atoms with E-state index in [0.29, 0.717) is 25.7 Å². The number of alkyl halides is 2. The van der Waals surface area contributed by atoms with Gasteiger partial charge in [0.05, 0.1) is 5.92 Å². The van der Waals surface area contributed by atoms with E-state index < -0.39 is 41.1 Å². The molecule has 0 unspecified atom stereocenters. The Balaban J connectivity index is 1.97. The average Bonchev–Trinajstić information content (AvgIpc) is 2.48. The fourth-order valence-corrected chi connectivity index (χ4v) is 2.55. The first-order chi connectivity index (χ1) is 10.3. The van der Waals surface area contributed by atoms with Gasteiger partial charge < -0.3 is 10.4 Å². The van der Waals surface area contributed by atoms with Crippen LogP contribution in [0.3, 0.4) is 0 Å². The Morgan fingerprint density at radius 2 is 1.64 bits per heavy atom. The van der Waals surface area contributed by atoms with Crippen LogP contribution in [0, 0.1) is 11.7 Å². The highest BCUT2D eigenvalue weighted by Crippen LogP contribution is 2.30. The molecule has 7 heteroatoms. The highest BCUT2D eigenvalue weighted by Gasteiger charge is 2.42. The summed E-state index contributed by atoms with van der Waals surface area (Å²) in [6.45, 7) is 0. The van der Waals surface area contributed by atoms with Gasteiger partial charge in [0, 0.05) is 11.6 Å². The fourth-order valence-electron chi connectivity index (χ4n) is 2.55. The van der Waals surface area contributed by atoms with Crippen molar-refractivity contribution in [2.45, 2.75) is 37.6 Å². The van der Waals surface area contributed by atoms with Crippen molar-refractivity contribution >= 4 is 11.9 Å². The Hall–Kier alpha value is -2.05. The molecular weight excluding hydrogens is 299 g/mol. The predicted molar refractivity (Wildman–Crippen MR) is 71.8 cm³/mol. The summed E-state index contributed by atoms with van der Waals surface area (Å²) in [7, 11) is 0. The summed E-state index contributed by atoms with van der Waals surface area (Å²) in [6, 6.07) is 3.02. The first-order valence-corrected chi connectivity index (χ1v) is 6.98. The summed E-state index contributed by atoms with van der Waals surface area (Å²) in [6.07, 6.45) is 1.40. The van der Waals surface area contributed by atoms with Gasteiger partial charge in [-0.05, 0) is 49.9 Å². The summed E-state index contributed by atoms with van der Waals surface area (Å²) in [5.74, 6) is -7.24. The van der Waals surface area contributed by atoms with Crippen LogP contribution in [0.1, 0.15) is 31.2 Å². The van der Waals surface area contributed by atoms with Gasteiger partial charge >= 0.3 is 11.9 Å². The quantitative estimate of drug-likeness (QED) is 0.898. The molecule has 0 aliphatic heterocycles. The number of hydrogen-bond donors (Lipinski definition) is 2. The molecule has 0 saturated heterocycles. The second-order valence-electron chi connectivity index (χ2n) is 5.44. The summed E-state index contributed by atoms with van der Waals surface area (Å²) in [4.78, 5) is 22.6. The van der Waals surface area contributed by atoms with Gasteiger partial charge in [-0.1, -0.05) is 0 Å². The van der Waals surface area contributed by atoms with Crippen LogP contribution < -0.4 is 5.32 Å². The molecule has 0 atom stereocenters. The lowest BCUT2D eigenvalue weighted by Crippen LogP contribution is -2.45. The zero-order chi connectivity index (χ0) is 16.3. The van der Waals surface area contributed by atoms with E-state index in [-0.39, 0.29) is 0 Å². The van der Waals surface area contributed by atoms with E-state index in [1.54, 1.807) is 0 Å². The van der Waals surface area contributed by atoms with Crippen molar-refractivity contribution in [1.29, 1.82) is 0 Å². The van der Waals surface area contributed by atoms with Gasteiger partial charge in [0.2, 0.25) is 0 Å². The van der Waals surface area contributed by atoms with Crippen LogP contribution in [-0.2, 0) is 15.5 Å². The second kappa shape index (κ2) is 6.37. The van der Waals surface area contributed by atoms with E-state index in [0.717, 1.165) is 24.3 Å². The largest absolute Gasteiger partial charge is 0.481 e. The highest BCUT2D eigenvalue weighted by molar-refractivity contribution is 5.85. The Labute approximate surface area is 125 Å². The molecule has 1 aromatic rings. The molecule has 4 nitrogen and oxygen atoms in total. The van der Waals surface area contributed by atoms with Crippen molar-refractivity contribution in [3.8, 4) is 0 Å².